The Bertz CT molecular complexity index is 1720. The molecule has 268 valence electrons. The molecule has 0 aliphatic heterocycles. The second-order valence-corrected chi connectivity index (χ2v) is 19.3. The fraction of sp³-hybridized carbons (Fsp3) is 0.478. The van der Waals surface area contributed by atoms with Gasteiger partial charge in [0.2, 0.25) is 0 Å². The SMILES string of the molecule is CC(C)c1cc(CSC2CCCCCC2SCc2cc(C(C)(C)C)cc(C(C)(C)c3ccccc3)c2O)c(O)c(C(C)(C)c2ccccc2)c1. The molecule has 2 nitrogen and oxygen atoms in total. The minimum Gasteiger partial charge on any atom is -0.507 e. The lowest BCUT2D eigenvalue weighted by Gasteiger charge is -2.31. The molecule has 0 amide bonds. The van der Waals surface area contributed by atoms with Crippen LogP contribution in [0.5, 0.6) is 11.5 Å². The Morgan fingerprint density at radius 2 is 1.02 bits per heavy atom. The summed E-state index contributed by atoms with van der Waals surface area (Å²) in [6.45, 7) is 20.2. The molecule has 1 fully saturated rings. The van der Waals surface area contributed by atoms with Gasteiger partial charge in [-0.05, 0) is 46.4 Å². The highest BCUT2D eigenvalue weighted by molar-refractivity contribution is 8.03. The van der Waals surface area contributed by atoms with E-state index in [1.807, 2.05) is 23.5 Å². The van der Waals surface area contributed by atoms with Crippen molar-refractivity contribution in [2.75, 3.05) is 0 Å². The van der Waals surface area contributed by atoms with Crippen LogP contribution in [0.4, 0.5) is 0 Å². The number of phenolic OH excluding ortho intramolecular Hbond substituents is 2. The summed E-state index contributed by atoms with van der Waals surface area (Å²) in [4.78, 5) is 0. The Kier molecular flexibility index (Phi) is 12.2. The second-order valence-electron chi connectivity index (χ2n) is 16.8. The van der Waals surface area contributed by atoms with Crippen LogP contribution in [0.3, 0.4) is 0 Å². The number of benzene rings is 4. The summed E-state index contributed by atoms with van der Waals surface area (Å²) in [6, 6.07) is 30.1. The molecule has 50 heavy (non-hydrogen) atoms. The van der Waals surface area contributed by atoms with Gasteiger partial charge in [-0.3, -0.25) is 0 Å². The second kappa shape index (κ2) is 15.8. The van der Waals surface area contributed by atoms with Crippen molar-refractivity contribution in [2.24, 2.45) is 0 Å². The minimum absolute atomic E-state index is 0.0319. The minimum atomic E-state index is -0.326. The van der Waals surface area contributed by atoms with Crippen LogP contribution in [0.2, 0.25) is 0 Å². The zero-order valence-corrected chi connectivity index (χ0v) is 33.6. The fourth-order valence-corrected chi connectivity index (χ4v) is 10.5. The third kappa shape index (κ3) is 8.61. The van der Waals surface area contributed by atoms with E-state index in [0.29, 0.717) is 27.9 Å². The number of phenols is 2. The summed E-state index contributed by atoms with van der Waals surface area (Å²) in [5.41, 5.74) is 8.43. The molecule has 4 aromatic rings. The van der Waals surface area contributed by atoms with Gasteiger partial charge in [0.25, 0.3) is 0 Å². The normalized spacial score (nSPS) is 17.6. The molecule has 0 saturated heterocycles. The van der Waals surface area contributed by atoms with Crippen LogP contribution in [0.25, 0.3) is 0 Å². The van der Waals surface area contributed by atoms with Gasteiger partial charge in [0.05, 0.1) is 0 Å². The van der Waals surface area contributed by atoms with E-state index in [4.69, 9.17) is 0 Å². The number of hydrogen-bond donors (Lipinski definition) is 2. The highest BCUT2D eigenvalue weighted by atomic mass is 32.2. The zero-order valence-electron chi connectivity index (χ0n) is 32.0. The molecule has 1 saturated carbocycles. The van der Waals surface area contributed by atoms with Gasteiger partial charge in [0.1, 0.15) is 11.5 Å². The Balaban J connectivity index is 1.41. The molecule has 0 heterocycles. The van der Waals surface area contributed by atoms with Crippen molar-refractivity contribution in [3.8, 4) is 11.5 Å². The maximum Gasteiger partial charge on any atom is 0.123 e. The van der Waals surface area contributed by atoms with Crippen molar-refractivity contribution in [1.29, 1.82) is 0 Å². The van der Waals surface area contributed by atoms with Crippen LogP contribution in [0.15, 0.2) is 84.9 Å². The Hall–Kier alpha value is -2.82. The van der Waals surface area contributed by atoms with E-state index in [1.54, 1.807) is 0 Å². The van der Waals surface area contributed by atoms with Gasteiger partial charge in [0, 0.05) is 55.1 Å². The average molecular weight is 709 g/mol. The van der Waals surface area contributed by atoms with Crippen LogP contribution < -0.4 is 0 Å². The van der Waals surface area contributed by atoms with Crippen molar-refractivity contribution in [3.05, 3.63) is 129 Å². The number of aromatic hydroxyl groups is 2. The van der Waals surface area contributed by atoms with E-state index < -0.39 is 0 Å². The van der Waals surface area contributed by atoms with E-state index in [1.165, 1.54) is 54.4 Å². The van der Waals surface area contributed by atoms with E-state index in [0.717, 1.165) is 33.8 Å². The summed E-state index contributed by atoms with van der Waals surface area (Å²) >= 11 is 4.06. The lowest BCUT2D eigenvalue weighted by atomic mass is 9.74. The third-order valence-corrected chi connectivity index (χ3v) is 14.2. The molecular weight excluding hydrogens is 649 g/mol. The first-order valence-electron chi connectivity index (χ1n) is 18.7. The number of thioether (sulfide) groups is 2. The summed E-state index contributed by atoms with van der Waals surface area (Å²) < 4.78 is 0. The van der Waals surface area contributed by atoms with Crippen molar-refractivity contribution < 1.29 is 10.2 Å². The molecular formula is C46H60O2S2. The molecule has 5 rings (SSSR count). The quantitative estimate of drug-likeness (QED) is 0.152. The molecule has 0 radical (unpaired) electrons. The smallest absolute Gasteiger partial charge is 0.123 e. The Labute approximate surface area is 311 Å². The molecule has 4 heteroatoms. The van der Waals surface area contributed by atoms with Gasteiger partial charge >= 0.3 is 0 Å². The zero-order chi connectivity index (χ0) is 36.3. The van der Waals surface area contributed by atoms with Crippen LogP contribution in [-0.4, -0.2) is 20.7 Å². The molecule has 2 atom stereocenters. The number of rotatable bonds is 11. The third-order valence-electron chi connectivity index (χ3n) is 11.1. The first-order chi connectivity index (χ1) is 23.6. The van der Waals surface area contributed by atoms with Gasteiger partial charge in [-0.1, -0.05) is 167 Å². The standard InChI is InChI=1S/C46H60O2S2/c1-31(2)32-25-33(42(47)38(27-32)45(6,7)35-19-13-10-14-20-35)29-49-40-23-17-12-18-24-41(40)50-30-34-26-37(44(3,4)5)28-39(43(34)48)46(8,9)36-21-15-11-16-22-36/h10-11,13-16,19-22,25-28,31,40-41,47-48H,12,17-18,23-24,29-30H2,1-9H3. The molecule has 1 aliphatic carbocycles. The first kappa shape index (κ1) is 38.4. The van der Waals surface area contributed by atoms with Crippen molar-refractivity contribution in [2.45, 2.75) is 139 Å². The topological polar surface area (TPSA) is 40.5 Å². The molecule has 0 bridgehead atoms. The summed E-state index contributed by atoms with van der Waals surface area (Å²) in [7, 11) is 0. The lowest BCUT2D eigenvalue weighted by molar-refractivity contribution is 0.446. The van der Waals surface area contributed by atoms with Gasteiger partial charge < -0.3 is 10.2 Å². The summed E-state index contributed by atoms with van der Waals surface area (Å²) in [5.74, 6) is 2.86. The predicted molar refractivity (Wildman–Crippen MR) is 219 cm³/mol. The highest BCUT2D eigenvalue weighted by Crippen LogP contribution is 2.46. The van der Waals surface area contributed by atoms with Crippen molar-refractivity contribution in [1.82, 2.24) is 0 Å². The fourth-order valence-electron chi connectivity index (χ4n) is 7.39. The van der Waals surface area contributed by atoms with E-state index in [9.17, 15) is 10.2 Å². The van der Waals surface area contributed by atoms with Gasteiger partial charge in [-0.25, -0.2) is 0 Å². The van der Waals surface area contributed by atoms with Crippen molar-refractivity contribution >= 4 is 23.5 Å². The van der Waals surface area contributed by atoms with Crippen LogP contribution >= 0.6 is 23.5 Å². The molecule has 1 aliphatic rings. The van der Waals surface area contributed by atoms with E-state index >= 15 is 0 Å². The Morgan fingerprint density at radius 3 is 1.46 bits per heavy atom. The van der Waals surface area contributed by atoms with Crippen LogP contribution in [0, 0.1) is 0 Å². The summed E-state index contributed by atoms with van der Waals surface area (Å²) in [5, 5.41) is 24.7. The van der Waals surface area contributed by atoms with Gasteiger partial charge in [-0.2, -0.15) is 23.5 Å². The molecule has 2 N–H and O–H groups in total. The highest BCUT2D eigenvalue weighted by Gasteiger charge is 2.32. The predicted octanol–water partition coefficient (Wildman–Crippen LogP) is 13.0. The van der Waals surface area contributed by atoms with E-state index in [2.05, 4.69) is 147 Å². The molecule has 2 unspecified atom stereocenters. The van der Waals surface area contributed by atoms with Crippen molar-refractivity contribution in [3.63, 3.8) is 0 Å². The lowest BCUT2D eigenvalue weighted by Crippen LogP contribution is -2.22. The first-order valence-corrected chi connectivity index (χ1v) is 20.8. The maximum atomic E-state index is 11.9. The monoisotopic (exact) mass is 708 g/mol. The maximum absolute atomic E-state index is 11.9. The van der Waals surface area contributed by atoms with Gasteiger partial charge in [-0.15, -0.1) is 0 Å². The van der Waals surface area contributed by atoms with Crippen LogP contribution in [-0.2, 0) is 27.8 Å². The van der Waals surface area contributed by atoms with E-state index in [-0.39, 0.29) is 16.2 Å². The average Bonchev–Trinajstić information content (AvgIpc) is 3.32. The Morgan fingerprint density at radius 1 is 0.580 bits per heavy atom. The number of hydrogen-bond acceptors (Lipinski definition) is 4. The van der Waals surface area contributed by atoms with Crippen LogP contribution in [0.1, 0.15) is 145 Å². The molecule has 0 spiro atoms. The largest absolute Gasteiger partial charge is 0.507 e. The molecule has 0 aromatic heterocycles. The summed E-state index contributed by atoms with van der Waals surface area (Å²) in [6.07, 6.45) is 6.15. The molecule has 4 aromatic carbocycles. The van der Waals surface area contributed by atoms with Gasteiger partial charge in [0.15, 0.2) is 0 Å².